The molecule has 0 spiro atoms. The third-order valence-electron chi connectivity index (χ3n) is 2.81. The fraction of sp³-hybridized carbons (Fsp3) is 0.125. The van der Waals surface area contributed by atoms with Crippen LogP contribution in [0.15, 0.2) is 47.6 Å². The minimum absolute atomic E-state index is 0.0569. The molecule has 0 heterocycles. The molecule has 0 saturated carbocycles. The average Bonchev–Trinajstić information content (AvgIpc) is 2.51. The van der Waals surface area contributed by atoms with Crippen molar-refractivity contribution >= 4 is 46.8 Å². The first kappa shape index (κ1) is 16.8. The molecule has 0 amide bonds. The van der Waals surface area contributed by atoms with Crippen LogP contribution in [0.5, 0.6) is 0 Å². The van der Waals surface area contributed by atoms with Gasteiger partial charge in [0.05, 0.1) is 16.3 Å². The number of ketones is 1. The van der Waals surface area contributed by atoms with Gasteiger partial charge in [-0.3, -0.25) is 4.79 Å². The minimum atomic E-state index is -0.0569. The van der Waals surface area contributed by atoms with Crippen molar-refractivity contribution in [2.24, 2.45) is 5.16 Å². The lowest BCUT2D eigenvalue weighted by atomic mass is 10.1. The fourth-order valence-electron chi connectivity index (χ4n) is 1.67. The Hall–Kier alpha value is -1.55. The summed E-state index contributed by atoms with van der Waals surface area (Å²) in [6.07, 6.45) is 1.58. The van der Waals surface area contributed by atoms with Crippen molar-refractivity contribution < 1.29 is 9.63 Å². The van der Waals surface area contributed by atoms with E-state index in [1.807, 2.05) is 0 Å². The zero-order valence-electron chi connectivity index (χ0n) is 11.4. The normalized spacial score (nSPS) is 10.9. The number of oxime groups is 1. The summed E-state index contributed by atoms with van der Waals surface area (Å²) >= 11 is 17.5. The molecule has 0 aliphatic heterocycles. The number of rotatable bonds is 6. The Bertz CT molecular complexity index is 684. The van der Waals surface area contributed by atoms with E-state index in [1.165, 1.54) is 6.21 Å². The monoisotopic (exact) mass is 355 g/mol. The highest BCUT2D eigenvalue weighted by Crippen LogP contribution is 2.22. The van der Waals surface area contributed by atoms with Crippen molar-refractivity contribution in [3.63, 3.8) is 0 Å². The van der Waals surface area contributed by atoms with Crippen LogP contribution in [0.25, 0.3) is 0 Å². The molecule has 3 nitrogen and oxygen atoms in total. The molecule has 0 fully saturated rings. The van der Waals surface area contributed by atoms with Crippen molar-refractivity contribution in [3.05, 3.63) is 68.7 Å². The predicted molar refractivity (Wildman–Crippen MR) is 90.1 cm³/mol. The summed E-state index contributed by atoms with van der Waals surface area (Å²) in [5.74, 6) is -0.0569. The smallest absolute Gasteiger partial charge is 0.168 e. The third-order valence-corrected chi connectivity index (χ3v) is 3.80. The fourth-order valence-corrected chi connectivity index (χ4v) is 2.11. The van der Waals surface area contributed by atoms with E-state index < -0.39 is 0 Å². The second-order valence-electron chi connectivity index (χ2n) is 4.44. The summed E-state index contributed by atoms with van der Waals surface area (Å²) in [4.78, 5) is 17.0. The van der Waals surface area contributed by atoms with Gasteiger partial charge < -0.3 is 4.84 Å². The van der Waals surface area contributed by atoms with E-state index in [0.717, 1.165) is 5.56 Å². The van der Waals surface area contributed by atoms with Crippen molar-refractivity contribution in [2.45, 2.75) is 13.0 Å². The van der Waals surface area contributed by atoms with E-state index >= 15 is 0 Å². The highest BCUT2D eigenvalue weighted by Gasteiger charge is 2.03. The summed E-state index contributed by atoms with van der Waals surface area (Å²) < 4.78 is 0. The number of benzene rings is 2. The average molecular weight is 357 g/mol. The highest BCUT2D eigenvalue weighted by atomic mass is 35.5. The summed E-state index contributed by atoms with van der Waals surface area (Å²) in [5, 5.41) is 5.30. The van der Waals surface area contributed by atoms with Gasteiger partial charge >= 0.3 is 0 Å². The maximum absolute atomic E-state index is 11.8. The lowest BCUT2D eigenvalue weighted by Gasteiger charge is -2.02. The first-order valence-electron chi connectivity index (χ1n) is 6.43. The number of carbonyl (C=O) groups excluding carboxylic acids is 1. The van der Waals surface area contributed by atoms with Gasteiger partial charge in [0.2, 0.25) is 0 Å². The van der Waals surface area contributed by atoms with Gasteiger partial charge in [-0.05, 0) is 42.0 Å². The van der Waals surface area contributed by atoms with Crippen molar-refractivity contribution in [2.75, 3.05) is 0 Å². The first-order chi connectivity index (χ1) is 10.6. The summed E-state index contributed by atoms with van der Waals surface area (Å²) in [5.41, 5.74) is 1.43. The molecule has 22 heavy (non-hydrogen) atoms. The summed E-state index contributed by atoms with van der Waals surface area (Å²) in [6, 6.07) is 11.9. The first-order valence-corrected chi connectivity index (χ1v) is 7.56. The molecule has 0 atom stereocenters. The van der Waals surface area contributed by atoms with Crippen LogP contribution in [-0.4, -0.2) is 12.0 Å². The Morgan fingerprint density at radius 1 is 1.05 bits per heavy atom. The molecule has 0 saturated heterocycles. The van der Waals surface area contributed by atoms with Crippen LogP contribution in [0.4, 0.5) is 0 Å². The van der Waals surface area contributed by atoms with Gasteiger partial charge in [0.25, 0.3) is 0 Å². The van der Waals surface area contributed by atoms with Crippen molar-refractivity contribution in [1.82, 2.24) is 0 Å². The van der Waals surface area contributed by atoms with E-state index in [0.29, 0.717) is 20.6 Å². The SMILES string of the molecule is O=C(C/C=N/OCc1ccc(Cl)c(Cl)c1)c1ccc(Cl)cc1. The number of halogens is 3. The molecule has 2 aromatic rings. The van der Waals surface area contributed by atoms with Gasteiger partial charge in [0.1, 0.15) is 6.61 Å². The molecule has 0 N–H and O–H groups in total. The Morgan fingerprint density at radius 3 is 2.45 bits per heavy atom. The van der Waals surface area contributed by atoms with E-state index in [4.69, 9.17) is 39.6 Å². The molecule has 0 unspecified atom stereocenters. The second kappa shape index (κ2) is 8.18. The number of carbonyl (C=O) groups is 1. The Labute approximate surface area is 143 Å². The van der Waals surface area contributed by atoms with Gasteiger partial charge in [-0.1, -0.05) is 46.0 Å². The maximum atomic E-state index is 11.8. The zero-order chi connectivity index (χ0) is 15.9. The summed E-state index contributed by atoms with van der Waals surface area (Å²) in [7, 11) is 0. The lowest BCUT2D eigenvalue weighted by molar-refractivity contribution is 0.0996. The molecule has 0 aliphatic carbocycles. The summed E-state index contributed by atoms with van der Waals surface area (Å²) in [6.45, 7) is 0.253. The molecule has 0 bridgehead atoms. The number of nitrogens with zero attached hydrogens (tertiary/aromatic N) is 1. The van der Waals surface area contributed by atoms with E-state index in [1.54, 1.807) is 42.5 Å². The number of Topliss-reactive ketones (excluding diaryl/α,β-unsaturated/α-hetero) is 1. The van der Waals surface area contributed by atoms with Gasteiger partial charge in [0, 0.05) is 17.0 Å². The quantitative estimate of drug-likeness (QED) is 0.393. The number of hydrogen-bond acceptors (Lipinski definition) is 3. The zero-order valence-corrected chi connectivity index (χ0v) is 13.7. The Balaban J connectivity index is 1.79. The second-order valence-corrected chi connectivity index (χ2v) is 5.69. The van der Waals surface area contributed by atoms with Gasteiger partial charge in [-0.25, -0.2) is 0 Å². The van der Waals surface area contributed by atoms with Gasteiger partial charge in [-0.2, -0.15) is 0 Å². The molecule has 0 aromatic heterocycles. The Kier molecular flexibility index (Phi) is 6.25. The van der Waals surface area contributed by atoms with E-state index in [9.17, 15) is 4.79 Å². The number of hydrogen-bond donors (Lipinski definition) is 0. The predicted octanol–water partition coefficient (Wildman–Crippen LogP) is 5.42. The van der Waals surface area contributed by atoms with Crippen LogP contribution in [0.2, 0.25) is 15.1 Å². The van der Waals surface area contributed by atoms with Crippen molar-refractivity contribution in [3.8, 4) is 0 Å². The molecule has 2 aromatic carbocycles. The molecule has 0 aliphatic rings. The molecular weight excluding hydrogens is 345 g/mol. The van der Waals surface area contributed by atoms with Crippen LogP contribution in [-0.2, 0) is 11.4 Å². The van der Waals surface area contributed by atoms with E-state index in [-0.39, 0.29) is 18.8 Å². The van der Waals surface area contributed by atoms with Gasteiger partial charge in [0.15, 0.2) is 5.78 Å². The van der Waals surface area contributed by atoms with Crippen LogP contribution in [0.3, 0.4) is 0 Å². The molecule has 0 radical (unpaired) electrons. The molecule has 114 valence electrons. The largest absolute Gasteiger partial charge is 0.391 e. The Morgan fingerprint density at radius 2 is 1.77 bits per heavy atom. The minimum Gasteiger partial charge on any atom is -0.391 e. The van der Waals surface area contributed by atoms with Crippen LogP contribution < -0.4 is 0 Å². The highest BCUT2D eigenvalue weighted by molar-refractivity contribution is 6.42. The van der Waals surface area contributed by atoms with Crippen LogP contribution >= 0.6 is 34.8 Å². The molecular formula is C16H12Cl3NO2. The van der Waals surface area contributed by atoms with Crippen LogP contribution in [0.1, 0.15) is 22.3 Å². The van der Waals surface area contributed by atoms with Crippen LogP contribution in [0, 0.1) is 0 Å². The molecule has 6 heteroatoms. The van der Waals surface area contributed by atoms with Crippen molar-refractivity contribution in [1.29, 1.82) is 0 Å². The maximum Gasteiger partial charge on any atom is 0.168 e. The van der Waals surface area contributed by atoms with Gasteiger partial charge in [-0.15, -0.1) is 0 Å². The topological polar surface area (TPSA) is 38.7 Å². The lowest BCUT2D eigenvalue weighted by Crippen LogP contribution is -1.99. The molecule has 2 rings (SSSR count). The third kappa shape index (κ3) is 5.02. The standard InChI is InChI=1S/C16H12Cl3NO2/c17-13-4-2-12(3-5-13)16(21)7-8-20-22-10-11-1-6-14(18)15(19)9-11/h1-6,8-9H,7,10H2/b20-8+. The van der Waals surface area contributed by atoms with E-state index in [2.05, 4.69) is 5.16 Å².